The Morgan fingerprint density at radius 1 is 1.43 bits per heavy atom. The van der Waals surface area contributed by atoms with E-state index in [-0.39, 0.29) is 0 Å². The van der Waals surface area contributed by atoms with Crippen molar-refractivity contribution in [1.82, 2.24) is 15.3 Å². The van der Waals surface area contributed by atoms with Gasteiger partial charge in [0.15, 0.2) is 0 Å². The maximum Gasteiger partial charge on any atom is 0.141 e. The van der Waals surface area contributed by atoms with Crippen molar-refractivity contribution in [1.29, 1.82) is 0 Å². The number of nitrogens with one attached hydrogen (secondary N) is 1. The highest BCUT2D eigenvalue weighted by atomic mass is 79.9. The van der Waals surface area contributed by atoms with Crippen LogP contribution in [0.5, 0.6) is 0 Å². The van der Waals surface area contributed by atoms with Crippen molar-refractivity contribution in [2.45, 2.75) is 32.4 Å². The van der Waals surface area contributed by atoms with E-state index in [4.69, 9.17) is 0 Å². The van der Waals surface area contributed by atoms with Crippen LogP contribution in [0.15, 0.2) is 18.5 Å². The van der Waals surface area contributed by atoms with Crippen LogP contribution in [0.3, 0.4) is 0 Å². The quantitative estimate of drug-likeness (QED) is 0.794. The molecule has 1 N–H and O–H groups in total. The monoisotopic (exact) mass is 257 g/mol. The van der Waals surface area contributed by atoms with Crippen molar-refractivity contribution in [3.05, 3.63) is 24.3 Å². The predicted molar refractivity (Wildman–Crippen MR) is 61.4 cm³/mol. The largest absolute Gasteiger partial charge is 0.307 e. The van der Waals surface area contributed by atoms with Gasteiger partial charge in [-0.1, -0.05) is 22.9 Å². The molecule has 4 heteroatoms. The number of rotatable bonds is 6. The van der Waals surface area contributed by atoms with E-state index in [9.17, 15) is 0 Å². The van der Waals surface area contributed by atoms with E-state index in [1.807, 2.05) is 6.07 Å². The fourth-order valence-electron chi connectivity index (χ4n) is 1.24. The molecule has 78 valence electrons. The summed E-state index contributed by atoms with van der Waals surface area (Å²) in [7, 11) is 0. The normalized spacial score (nSPS) is 12.7. The summed E-state index contributed by atoms with van der Waals surface area (Å²) in [6, 6.07) is 2.39. The average molecular weight is 258 g/mol. The Kier molecular flexibility index (Phi) is 5.71. The van der Waals surface area contributed by atoms with E-state index >= 15 is 0 Å². The van der Waals surface area contributed by atoms with E-state index in [1.165, 1.54) is 0 Å². The van der Waals surface area contributed by atoms with Crippen molar-refractivity contribution in [2.75, 3.05) is 5.33 Å². The van der Waals surface area contributed by atoms with Crippen molar-refractivity contribution < 1.29 is 0 Å². The second-order valence-corrected chi connectivity index (χ2v) is 3.92. The Hall–Kier alpha value is -0.480. The first kappa shape index (κ1) is 11.6. The number of halogens is 1. The minimum Gasteiger partial charge on any atom is -0.307 e. The molecule has 0 saturated heterocycles. The zero-order valence-corrected chi connectivity index (χ0v) is 10.00. The van der Waals surface area contributed by atoms with Gasteiger partial charge in [-0.2, -0.15) is 0 Å². The average Bonchev–Trinajstić information content (AvgIpc) is 2.25. The van der Waals surface area contributed by atoms with Gasteiger partial charge in [0.05, 0.1) is 6.54 Å². The summed E-state index contributed by atoms with van der Waals surface area (Å²) in [5.41, 5.74) is 0. The first-order valence-corrected chi connectivity index (χ1v) is 6.04. The number of aromatic nitrogens is 2. The van der Waals surface area contributed by atoms with Crippen molar-refractivity contribution >= 4 is 15.9 Å². The number of nitrogens with zero attached hydrogens (tertiary/aromatic N) is 2. The lowest BCUT2D eigenvalue weighted by molar-refractivity contribution is 0.479. The van der Waals surface area contributed by atoms with Crippen molar-refractivity contribution in [3.8, 4) is 0 Å². The maximum atomic E-state index is 4.16. The highest BCUT2D eigenvalue weighted by Gasteiger charge is 2.04. The van der Waals surface area contributed by atoms with Crippen molar-refractivity contribution in [3.63, 3.8) is 0 Å². The third kappa shape index (κ3) is 4.15. The molecule has 0 fully saturated rings. The van der Waals surface area contributed by atoms with Gasteiger partial charge in [-0.05, 0) is 18.9 Å². The first-order chi connectivity index (χ1) is 6.86. The van der Waals surface area contributed by atoms with Crippen LogP contribution in [0.25, 0.3) is 0 Å². The molecule has 0 saturated carbocycles. The summed E-state index contributed by atoms with van der Waals surface area (Å²) in [5, 5.41) is 4.47. The number of hydrogen-bond acceptors (Lipinski definition) is 3. The van der Waals surface area contributed by atoms with Crippen LogP contribution in [0.1, 0.15) is 25.6 Å². The Morgan fingerprint density at radius 2 is 2.14 bits per heavy atom. The van der Waals surface area contributed by atoms with Crippen LogP contribution < -0.4 is 5.32 Å². The fraction of sp³-hybridized carbons (Fsp3) is 0.600. The van der Waals surface area contributed by atoms with E-state index in [0.29, 0.717) is 6.04 Å². The smallest absolute Gasteiger partial charge is 0.141 e. The van der Waals surface area contributed by atoms with Crippen LogP contribution in [0.4, 0.5) is 0 Å². The molecule has 3 nitrogen and oxygen atoms in total. The Bertz CT molecular complexity index is 240. The van der Waals surface area contributed by atoms with Crippen LogP contribution in [0.2, 0.25) is 0 Å². The second kappa shape index (κ2) is 6.90. The van der Waals surface area contributed by atoms with Crippen LogP contribution >= 0.6 is 15.9 Å². The third-order valence-corrected chi connectivity index (χ3v) is 2.58. The number of hydrogen-bond donors (Lipinski definition) is 1. The molecule has 1 atom stereocenters. The van der Waals surface area contributed by atoms with Gasteiger partial charge in [0.25, 0.3) is 0 Å². The molecule has 0 bridgehead atoms. The van der Waals surface area contributed by atoms with Gasteiger partial charge in [0.2, 0.25) is 0 Å². The molecule has 0 aliphatic heterocycles. The second-order valence-electron chi connectivity index (χ2n) is 3.13. The van der Waals surface area contributed by atoms with Gasteiger partial charge < -0.3 is 5.32 Å². The SMILES string of the molecule is CCC(CCBr)NCc1ncccn1. The van der Waals surface area contributed by atoms with Gasteiger partial charge in [-0.25, -0.2) is 9.97 Å². The molecule has 0 radical (unpaired) electrons. The summed E-state index contributed by atoms with van der Waals surface area (Å²) in [6.45, 7) is 2.94. The Balaban J connectivity index is 2.32. The van der Waals surface area contributed by atoms with Gasteiger partial charge in [0, 0.05) is 23.8 Å². The topological polar surface area (TPSA) is 37.8 Å². The third-order valence-electron chi connectivity index (χ3n) is 2.12. The van der Waals surface area contributed by atoms with Crippen molar-refractivity contribution in [2.24, 2.45) is 0 Å². The summed E-state index contributed by atoms with van der Waals surface area (Å²) in [4.78, 5) is 8.32. The standard InChI is InChI=1S/C10H16BrN3/c1-2-9(4-5-11)14-8-10-12-6-3-7-13-10/h3,6-7,9,14H,2,4-5,8H2,1H3. The lowest BCUT2D eigenvalue weighted by Gasteiger charge is -2.14. The number of alkyl halides is 1. The molecule has 0 aliphatic rings. The van der Waals surface area contributed by atoms with E-state index < -0.39 is 0 Å². The zero-order chi connectivity index (χ0) is 10.2. The molecule has 1 aromatic heterocycles. The molecule has 0 spiro atoms. The summed E-state index contributed by atoms with van der Waals surface area (Å²) in [5.74, 6) is 0.862. The van der Waals surface area contributed by atoms with Crippen LogP contribution in [-0.2, 0) is 6.54 Å². The summed E-state index contributed by atoms with van der Waals surface area (Å²) in [6.07, 6.45) is 5.83. The first-order valence-electron chi connectivity index (χ1n) is 4.92. The molecule has 0 amide bonds. The molecule has 0 aromatic carbocycles. The van der Waals surface area contributed by atoms with Crippen LogP contribution in [-0.4, -0.2) is 21.3 Å². The van der Waals surface area contributed by atoms with Gasteiger partial charge >= 0.3 is 0 Å². The van der Waals surface area contributed by atoms with E-state index in [0.717, 1.165) is 30.5 Å². The minimum atomic E-state index is 0.554. The molecule has 1 unspecified atom stereocenters. The molecular formula is C10H16BrN3. The molecule has 1 aromatic rings. The van der Waals surface area contributed by atoms with Gasteiger partial charge in [-0.3, -0.25) is 0 Å². The Labute approximate surface area is 93.5 Å². The fourth-order valence-corrected chi connectivity index (χ4v) is 1.79. The maximum absolute atomic E-state index is 4.16. The predicted octanol–water partition coefficient (Wildman–Crippen LogP) is 2.13. The van der Waals surface area contributed by atoms with Gasteiger partial charge in [-0.15, -0.1) is 0 Å². The summed E-state index contributed by atoms with van der Waals surface area (Å²) >= 11 is 3.45. The molecule has 1 rings (SSSR count). The molecule has 14 heavy (non-hydrogen) atoms. The summed E-state index contributed by atoms with van der Waals surface area (Å²) < 4.78 is 0. The van der Waals surface area contributed by atoms with Gasteiger partial charge in [0.1, 0.15) is 5.82 Å². The lowest BCUT2D eigenvalue weighted by atomic mass is 10.2. The minimum absolute atomic E-state index is 0.554. The van der Waals surface area contributed by atoms with E-state index in [1.54, 1.807) is 12.4 Å². The molecular weight excluding hydrogens is 242 g/mol. The molecule has 1 heterocycles. The highest BCUT2D eigenvalue weighted by Crippen LogP contribution is 2.01. The van der Waals surface area contributed by atoms with E-state index in [2.05, 4.69) is 38.1 Å². The highest BCUT2D eigenvalue weighted by molar-refractivity contribution is 9.09. The molecule has 0 aliphatic carbocycles. The lowest BCUT2D eigenvalue weighted by Crippen LogP contribution is -2.28. The van der Waals surface area contributed by atoms with Crippen LogP contribution in [0, 0.1) is 0 Å². The Morgan fingerprint density at radius 3 is 2.71 bits per heavy atom. The zero-order valence-electron chi connectivity index (χ0n) is 8.41.